The second-order valence-electron chi connectivity index (χ2n) is 6.86. The zero-order chi connectivity index (χ0) is 14.1. The Bertz CT molecular complexity index is 621. The van der Waals surface area contributed by atoms with Gasteiger partial charge in [0.05, 0.1) is 26.2 Å². The van der Waals surface area contributed by atoms with E-state index in [0.29, 0.717) is 0 Å². The molecule has 0 N–H and O–H groups in total. The van der Waals surface area contributed by atoms with E-state index >= 15 is 0 Å². The molecule has 3 aliphatic heterocycles. The Labute approximate surface area is 127 Å². The first-order valence-electron chi connectivity index (χ1n) is 8.38. The Hall–Kier alpha value is -1.38. The zero-order valence-electron chi connectivity index (χ0n) is 12.8. The first kappa shape index (κ1) is 13.3. The van der Waals surface area contributed by atoms with Crippen molar-refractivity contribution in [3.8, 4) is 0 Å². The molecule has 0 amide bonds. The van der Waals surface area contributed by atoms with E-state index in [-0.39, 0.29) is 0 Å². The molecule has 0 radical (unpaired) electrons. The van der Waals surface area contributed by atoms with Gasteiger partial charge in [0.2, 0.25) is 0 Å². The van der Waals surface area contributed by atoms with Crippen molar-refractivity contribution in [2.24, 2.45) is 0 Å². The number of hydrogen-bond acceptors (Lipinski definition) is 1. The Morgan fingerprint density at radius 1 is 0.857 bits per heavy atom. The van der Waals surface area contributed by atoms with Crippen LogP contribution >= 0.6 is 0 Å². The van der Waals surface area contributed by atoms with Crippen molar-refractivity contribution in [2.75, 3.05) is 45.8 Å². The van der Waals surface area contributed by atoms with Crippen molar-refractivity contribution in [2.45, 2.75) is 12.8 Å². The van der Waals surface area contributed by atoms with Gasteiger partial charge in [0, 0.05) is 32.5 Å². The van der Waals surface area contributed by atoms with Gasteiger partial charge in [-0.1, -0.05) is 42.5 Å². The molecular weight excluding hydrogens is 256 g/mol. The van der Waals surface area contributed by atoms with E-state index in [9.17, 15) is 0 Å². The number of rotatable bonds is 3. The molecule has 3 fully saturated rings. The number of quaternary nitrogens is 1. The van der Waals surface area contributed by atoms with Crippen molar-refractivity contribution in [3.05, 3.63) is 48.0 Å². The molecule has 2 heteroatoms. The summed E-state index contributed by atoms with van der Waals surface area (Å²) in [5.74, 6) is 0. The molecule has 2 aromatic rings. The number of benzene rings is 2. The standard InChI is InChI=1S/C19H25N2/c1-2-5-19-16-17(6-7-18(19)4-1)8-13-21-12-3-9-20(10-14-21)11-15-21/h1-2,4-7,16H,3,8-15H2/q+1. The fourth-order valence-corrected chi connectivity index (χ4v) is 4.10. The van der Waals surface area contributed by atoms with Gasteiger partial charge in [-0.15, -0.1) is 0 Å². The van der Waals surface area contributed by atoms with E-state index in [1.165, 1.54) is 79.5 Å². The molecule has 0 unspecified atom stereocenters. The van der Waals surface area contributed by atoms with Crippen LogP contribution in [-0.2, 0) is 6.42 Å². The van der Waals surface area contributed by atoms with Gasteiger partial charge >= 0.3 is 0 Å². The topological polar surface area (TPSA) is 3.24 Å². The number of fused-ring (bicyclic) bond motifs is 5. The summed E-state index contributed by atoms with van der Waals surface area (Å²) in [6.07, 6.45) is 2.61. The maximum atomic E-state index is 2.65. The summed E-state index contributed by atoms with van der Waals surface area (Å²) in [7, 11) is 0. The average molecular weight is 281 g/mol. The van der Waals surface area contributed by atoms with Crippen LogP contribution in [0.5, 0.6) is 0 Å². The van der Waals surface area contributed by atoms with Crippen molar-refractivity contribution in [3.63, 3.8) is 0 Å². The molecule has 21 heavy (non-hydrogen) atoms. The summed E-state index contributed by atoms with van der Waals surface area (Å²) in [5, 5.41) is 2.74. The van der Waals surface area contributed by atoms with Crippen molar-refractivity contribution in [1.29, 1.82) is 0 Å². The molecule has 3 aliphatic rings. The predicted octanol–water partition coefficient (Wildman–Crippen LogP) is 2.92. The highest BCUT2D eigenvalue weighted by molar-refractivity contribution is 5.82. The summed E-state index contributed by atoms with van der Waals surface area (Å²) >= 11 is 0. The summed E-state index contributed by atoms with van der Waals surface area (Å²) in [5.41, 5.74) is 1.51. The number of nitrogens with zero attached hydrogens (tertiary/aromatic N) is 2. The number of hydrogen-bond donors (Lipinski definition) is 0. The summed E-state index contributed by atoms with van der Waals surface area (Å²) in [4.78, 5) is 2.65. The van der Waals surface area contributed by atoms with Crippen LogP contribution in [0, 0.1) is 0 Å². The third kappa shape index (κ3) is 2.70. The van der Waals surface area contributed by atoms with Gasteiger partial charge in [-0.3, -0.25) is 4.90 Å². The van der Waals surface area contributed by atoms with Gasteiger partial charge < -0.3 is 4.48 Å². The monoisotopic (exact) mass is 281 g/mol. The first-order chi connectivity index (χ1) is 10.3. The maximum Gasteiger partial charge on any atom is 0.0916 e. The van der Waals surface area contributed by atoms with Gasteiger partial charge in [-0.05, 0) is 16.3 Å². The lowest BCUT2D eigenvalue weighted by atomic mass is 10.0. The van der Waals surface area contributed by atoms with Crippen LogP contribution in [0.4, 0.5) is 0 Å². The minimum Gasteiger partial charge on any atom is -0.321 e. The molecule has 0 aromatic heterocycles. The molecule has 0 saturated carbocycles. The normalized spacial score (nSPS) is 28.7. The lowest BCUT2D eigenvalue weighted by Crippen LogP contribution is -2.57. The van der Waals surface area contributed by atoms with Gasteiger partial charge in [0.1, 0.15) is 0 Å². The van der Waals surface area contributed by atoms with E-state index in [4.69, 9.17) is 0 Å². The largest absolute Gasteiger partial charge is 0.321 e. The molecule has 110 valence electrons. The Kier molecular flexibility index (Phi) is 3.44. The molecule has 2 bridgehead atoms. The Balaban J connectivity index is 1.49. The highest BCUT2D eigenvalue weighted by atomic mass is 15.4. The SMILES string of the molecule is c1ccc2cc(CC[N+]34CCCN(CC3)CC4)ccc2c1. The molecule has 2 nitrogen and oxygen atoms in total. The molecule has 0 spiro atoms. The van der Waals surface area contributed by atoms with E-state index in [1.54, 1.807) is 0 Å². The van der Waals surface area contributed by atoms with E-state index in [1.807, 2.05) is 0 Å². The minimum absolute atomic E-state index is 1.23. The van der Waals surface area contributed by atoms with Crippen LogP contribution < -0.4 is 0 Å². The van der Waals surface area contributed by atoms with Gasteiger partial charge in [0.25, 0.3) is 0 Å². The van der Waals surface area contributed by atoms with Gasteiger partial charge in [-0.25, -0.2) is 0 Å². The molecule has 2 aromatic carbocycles. The highest BCUT2D eigenvalue weighted by Gasteiger charge is 2.35. The lowest BCUT2D eigenvalue weighted by Gasteiger charge is -2.41. The van der Waals surface area contributed by atoms with Crippen molar-refractivity contribution >= 4 is 10.8 Å². The molecular formula is C19H25N2+. The smallest absolute Gasteiger partial charge is 0.0916 e. The summed E-state index contributed by atoms with van der Waals surface area (Å²) < 4.78 is 1.36. The van der Waals surface area contributed by atoms with Crippen LogP contribution in [0.25, 0.3) is 10.8 Å². The summed E-state index contributed by atoms with van der Waals surface area (Å²) in [6.45, 7) is 9.42. The quantitative estimate of drug-likeness (QED) is 0.782. The number of piperazine rings is 1. The van der Waals surface area contributed by atoms with E-state index in [0.717, 1.165) is 0 Å². The fourth-order valence-electron chi connectivity index (χ4n) is 4.10. The van der Waals surface area contributed by atoms with E-state index < -0.39 is 0 Å². The van der Waals surface area contributed by atoms with E-state index in [2.05, 4.69) is 47.4 Å². The van der Waals surface area contributed by atoms with Gasteiger partial charge in [-0.2, -0.15) is 0 Å². The maximum absolute atomic E-state index is 2.65. The first-order valence-corrected chi connectivity index (χ1v) is 8.38. The lowest BCUT2D eigenvalue weighted by molar-refractivity contribution is -0.929. The van der Waals surface area contributed by atoms with Crippen LogP contribution in [0.1, 0.15) is 12.0 Å². The fraction of sp³-hybridized carbons (Fsp3) is 0.474. The van der Waals surface area contributed by atoms with Gasteiger partial charge in [0.15, 0.2) is 0 Å². The highest BCUT2D eigenvalue weighted by Crippen LogP contribution is 2.21. The minimum atomic E-state index is 1.23. The van der Waals surface area contributed by atoms with Crippen molar-refractivity contribution < 1.29 is 4.48 Å². The Morgan fingerprint density at radius 3 is 2.52 bits per heavy atom. The molecule has 0 aliphatic carbocycles. The predicted molar refractivity (Wildman–Crippen MR) is 88.4 cm³/mol. The second-order valence-corrected chi connectivity index (χ2v) is 6.86. The molecule has 5 rings (SSSR count). The Morgan fingerprint density at radius 2 is 1.67 bits per heavy atom. The second kappa shape index (κ2) is 5.43. The molecule has 3 heterocycles. The third-order valence-electron chi connectivity index (χ3n) is 5.58. The third-order valence-corrected chi connectivity index (χ3v) is 5.58. The van der Waals surface area contributed by atoms with Crippen LogP contribution in [0.3, 0.4) is 0 Å². The van der Waals surface area contributed by atoms with Crippen LogP contribution in [0.2, 0.25) is 0 Å². The zero-order valence-corrected chi connectivity index (χ0v) is 12.8. The van der Waals surface area contributed by atoms with Crippen LogP contribution in [0.15, 0.2) is 42.5 Å². The molecule has 3 saturated heterocycles. The average Bonchev–Trinajstić information content (AvgIpc) is 2.87. The summed E-state index contributed by atoms with van der Waals surface area (Å²) in [6, 6.07) is 15.7. The molecule has 0 atom stereocenters. The van der Waals surface area contributed by atoms with Crippen LogP contribution in [-0.4, -0.2) is 55.2 Å². The van der Waals surface area contributed by atoms with Crippen molar-refractivity contribution in [1.82, 2.24) is 4.90 Å².